The molecule has 0 aliphatic heterocycles. The number of carbonyl (C=O) groups is 2. The van der Waals surface area contributed by atoms with Crippen molar-refractivity contribution in [1.29, 1.82) is 0 Å². The van der Waals surface area contributed by atoms with Gasteiger partial charge in [-0.3, -0.25) is 9.10 Å². The summed E-state index contributed by atoms with van der Waals surface area (Å²) in [6.45, 7) is 1.25. The second kappa shape index (κ2) is 12.8. The van der Waals surface area contributed by atoms with Gasteiger partial charge in [0.2, 0.25) is 0 Å². The lowest BCUT2D eigenvalue weighted by Crippen LogP contribution is -2.39. The smallest absolute Gasteiger partial charge is 0.343 e. The highest BCUT2D eigenvalue weighted by molar-refractivity contribution is 7.92. The van der Waals surface area contributed by atoms with Crippen molar-refractivity contribution in [1.82, 2.24) is 5.43 Å². The first-order valence-electron chi connectivity index (χ1n) is 11.9. The average molecular weight is 596 g/mol. The molecular formula is C29H23Cl2N3O5S. The predicted octanol–water partition coefficient (Wildman–Crippen LogP) is 5.87. The lowest BCUT2D eigenvalue weighted by atomic mass is 10.2. The van der Waals surface area contributed by atoms with Crippen LogP contribution in [0.2, 0.25) is 10.0 Å². The number of sulfonamides is 1. The van der Waals surface area contributed by atoms with Crippen molar-refractivity contribution >= 4 is 57.0 Å². The summed E-state index contributed by atoms with van der Waals surface area (Å²) in [5.74, 6) is -0.843. The number of halogens is 2. The molecule has 0 aliphatic rings. The normalized spacial score (nSPS) is 11.3. The molecule has 0 atom stereocenters. The quantitative estimate of drug-likeness (QED) is 0.113. The lowest BCUT2D eigenvalue weighted by Gasteiger charge is -2.24. The van der Waals surface area contributed by atoms with Crippen molar-refractivity contribution in [3.8, 4) is 5.75 Å². The largest absolute Gasteiger partial charge is 0.423 e. The summed E-state index contributed by atoms with van der Waals surface area (Å²) in [5.41, 5.74) is 4.37. The van der Waals surface area contributed by atoms with Crippen molar-refractivity contribution in [2.45, 2.75) is 11.8 Å². The minimum Gasteiger partial charge on any atom is -0.423 e. The average Bonchev–Trinajstić information content (AvgIpc) is 2.93. The molecule has 1 amide bonds. The minimum atomic E-state index is -4.15. The van der Waals surface area contributed by atoms with Gasteiger partial charge in [0.05, 0.1) is 22.4 Å². The summed E-state index contributed by atoms with van der Waals surface area (Å²) >= 11 is 12.2. The van der Waals surface area contributed by atoms with E-state index in [-0.39, 0.29) is 20.6 Å². The maximum Gasteiger partial charge on any atom is 0.343 e. The van der Waals surface area contributed by atoms with Crippen LogP contribution in [0.1, 0.15) is 21.5 Å². The molecule has 0 aromatic heterocycles. The van der Waals surface area contributed by atoms with Crippen molar-refractivity contribution < 1.29 is 22.7 Å². The molecule has 8 nitrogen and oxygen atoms in total. The number of aryl methyl sites for hydroxylation is 1. The van der Waals surface area contributed by atoms with E-state index in [1.807, 2.05) is 6.92 Å². The number of benzene rings is 4. The Hall–Kier alpha value is -4.18. The van der Waals surface area contributed by atoms with Crippen LogP contribution in [0.5, 0.6) is 5.75 Å². The number of rotatable bonds is 9. The summed E-state index contributed by atoms with van der Waals surface area (Å²) in [7, 11) is -4.15. The molecule has 0 saturated heterocycles. The molecule has 0 spiro atoms. The van der Waals surface area contributed by atoms with E-state index in [0.29, 0.717) is 16.9 Å². The molecule has 0 radical (unpaired) electrons. The molecule has 204 valence electrons. The number of nitrogens with one attached hydrogen (secondary N) is 1. The zero-order valence-electron chi connectivity index (χ0n) is 21.1. The number of anilines is 1. The maximum absolute atomic E-state index is 13.5. The standard InChI is InChI=1S/C29H23Cl2N3O5S/c1-20-7-13-27(14-8-20)40(37,38)34(25-16-23(30)15-24(31)17-25)19-28(35)33-32-18-21-9-11-26(12-10-21)39-29(36)22-5-3-2-4-6-22/h2-18H,19H2,1H3,(H,33,35)/b32-18-. The number of nitrogens with zero attached hydrogens (tertiary/aromatic N) is 2. The summed E-state index contributed by atoms with van der Waals surface area (Å²) in [6.07, 6.45) is 1.37. The number of ether oxygens (including phenoxy) is 1. The van der Waals surface area contributed by atoms with E-state index >= 15 is 0 Å². The van der Waals surface area contributed by atoms with Crippen molar-refractivity contribution in [2.24, 2.45) is 5.10 Å². The van der Waals surface area contributed by atoms with Crippen molar-refractivity contribution in [3.05, 3.63) is 124 Å². The second-order valence-corrected chi connectivity index (χ2v) is 11.3. The van der Waals surface area contributed by atoms with Gasteiger partial charge in [-0.05, 0) is 79.2 Å². The number of carbonyl (C=O) groups excluding carboxylic acids is 2. The highest BCUT2D eigenvalue weighted by Gasteiger charge is 2.27. The van der Waals surface area contributed by atoms with E-state index in [2.05, 4.69) is 10.5 Å². The lowest BCUT2D eigenvalue weighted by molar-refractivity contribution is -0.119. The molecule has 11 heteroatoms. The molecule has 0 bridgehead atoms. The summed E-state index contributed by atoms with van der Waals surface area (Å²) in [4.78, 5) is 25.0. The van der Waals surface area contributed by atoms with Gasteiger partial charge in [-0.1, -0.05) is 59.1 Å². The molecule has 4 aromatic rings. The molecule has 0 heterocycles. The van der Waals surface area contributed by atoms with Crippen LogP contribution in [0.25, 0.3) is 0 Å². The Labute approximate surface area is 241 Å². The van der Waals surface area contributed by atoms with Crippen molar-refractivity contribution in [2.75, 3.05) is 10.8 Å². The fourth-order valence-electron chi connectivity index (χ4n) is 3.54. The van der Waals surface area contributed by atoms with E-state index in [9.17, 15) is 18.0 Å². The third-order valence-electron chi connectivity index (χ3n) is 5.53. The first kappa shape index (κ1) is 28.8. The number of amides is 1. The van der Waals surface area contributed by atoms with Crippen LogP contribution in [-0.2, 0) is 14.8 Å². The fraction of sp³-hybridized carbons (Fsp3) is 0.0690. The van der Waals surface area contributed by atoms with Crippen LogP contribution >= 0.6 is 23.2 Å². The van der Waals surface area contributed by atoms with Crippen LogP contribution < -0.4 is 14.5 Å². The van der Waals surface area contributed by atoms with Gasteiger partial charge in [0.1, 0.15) is 12.3 Å². The van der Waals surface area contributed by atoms with E-state index in [1.165, 1.54) is 36.5 Å². The summed E-state index contributed by atoms with van der Waals surface area (Å²) in [5, 5.41) is 4.34. The van der Waals surface area contributed by atoms with Crippen LogP contribution in [0.3, 0.4) is 0 Å². The molecule has 40 heavy (non-hydrogen) atoms. The number of hydrazone groups is 1. The van der Waals surface area contributed by atoms with Crippen LogP contribution in [0.4, 0.5) is 5.69 Å². The molecule has 0 saturated carbocycles. The van der Waals surface area contributed by atoms with Crippen LogP contribution in [0, 0.1) is 6.92 Å². The minimum absolute atomic E-state index is 0.00134. The van der Waals surface area contributed by atoms with Crippen molar-refractivity contribution in [3.63, 3.8) is 0 Å². The number of hydrogen-bond acceptors (Lipinski definition) is 6. The summed E-state index contributed by atoms with van der Waals surface area (Å²) < 4.78 is 33.2. The number of esters is 1. The van der Waals surface area contributed by atoms with Gasteiger partial charge in [-0.2, -0.15) is 5.10 Å². The van der Waals surface area contributed by atoms with Gasteiger partial charge < -0.3 is 4.74 Å². The Morgan fingerprint density at radius 3 is 2.15 bits per heavy atom. The van der Waals surface area contributed by atoms with Gasteiger partial charge in [0.15, 0.2) is 0 Å². The topological polar surface area (TPSA) is 105 Å². The molecule has 4 rings (SSSR count). The number of hydrogen-bond donors (Lipinski definition) is 1. The second-order valence-electron chi connectivity index (χ2n) is 8.57. The highest BCUT2D eigenvalue weighted by atomic mass is 35.5. The third kappa shape index (κ3) is 7.47. The predicted molar refractivity (Wildman–Crippen MR) is 156 cm³/mol. The zero-order valence-corrected chi connectivity index (χ0v) is 23.5. The third-order valence-corrected chi connectivity index (χ3v) is 7.76. The Bertz CT molecular complexity index is 1620. The van der Waals surface area contributed by atoms with Gasteiger partial charge >= 0.3 is 5.97 Å². The molecular weight excluding hydrogens is 573 g/mol. The van der Waals surface area contributed by atoms with Crippen LogP contribution in [-0.4, -0.2) is 33.1 Å². The van der Waals surface area contributed by atoms with E-state index in [0.717, 1.165) is 9.87 Å². The maximum atomic E-state index is 13.5. The molecule has 1 N–H and O–H groups in total. The first-order chi connectivity index (χ1) is 19.1. The molecule has 4 aromatic carbocycles. The monoisotopic (exact) mass is 595 g/mol. The van der Waals surface area contributed by atoms with Crippen LogP contribution in [0.15, 0.2) is 107 Å². The Balaban J connectivity index is 1.45. The molecule has 0 fully saturated rings. The van der Waals surface area contributed by atoms with E-state index in [1.54, 1.807) is 66.7 Å². The van der Waals surface area contributed by atoms with E-state index < -0.39 is 28.4 Å². The highest BCUT2D eigenvalue weighted by Crippen LogP contribution is 2.29. The van der Waals surface area contributed by atoms with E-state index in [4.69, 9.17) is 27.9 Å². The zero-order chi connectivity index (χ0) is 28.7. The fourth-order valence-corrected chi connectivity index (χ4v) is 5.46. The Kier molecular flexibility index (Phi) is 9.21. The SMILES string of the molecule is Cc1ccc(S(=O)(=O)N(CC(=O)N/N=C\c2ccc(OC(=O)c3ccccc3)cc2)c2cc(Cl)cc(Cl)c2)cc1. The Morgan fingerprint density at radius 1 is 0.900 bits per heavy atom. The molecule has 0 unspecified atom stereocenters. The Morgan fingerprint density at radius 2 is 1.52 bits per heavy atom. The first-order valence-corrected chi connectivity index (χ1v) is 14.1. The van der Waals surface area contributed by atoms with Gasteiger partial charge in [-0.25, -0.2) is 18.6 Å². The van der Waals surface area contributed by atoms with Gasteiger partial charge in [0, 0.05) is 10.0 Å². The summed E-state index contributed by atoms with van der Waals surface area (Å²) in [6, 6.07) is 25.6. The van der Waals surface area contributed by atoms with Gasteiger partial charge in [0.25, 0.3) is 15.9 Å². The molecule has 0 aliphatic carbocycles. The van der Waals surface area contributed by atoms with Gasteiger partial charge in [-0.15, -0.1) is 0 Å².